The average molecular weight is 835 g/mol. The first-order valence-corrected chi connectivity index (χ1v) is 23.7. The summed E-state index contributed by atoms with van der Waals surface area (Å²) in [6, 6.07) is 0. The molecular weight excluding hydrogens is 749 g/mol. The van der Waals surface area contributed by atoms with Crippen LogP contribution in [0.5, 0.6) is 0 Å². The molecule has 0 amide bonds. The van der Waals surface area contributed by atoms with E-state index in [4.69, 9.17) is 18.9 Å². The molecule has 59 heavy (non-hydrogen) atoms. The lowest BCUT2D eigenvalue weighted by molar-refractivity contribution is -0.305. The maximum Gasteiger partial charge on any atom is 0.306 e. The van der Waals surface area contributed by atoms with Crippen molar-refractivity contribution in [1.82, 2.24) is 0 Å². The lowest BCUT2D eigenvalue weighted by Gasteiger charge is -2.39. The van der Waals surface area contributed by atoms with E-state index in [-0.39, 0.29) is 26.1 Å². The summed E-state index contributed by atoms with van der Waals surface area (Å²) in [5.74, 6) is -0.833. The Morgan fingerprint density at radius 2 is 0.949 bits per heavy atom. The molecule has 0 bridgehead atoms. The van der Waals surface area contributed by atoms with Crippen molar-refractivity contribution in [1.29, 1.82) is 0 Å². The number of ether oxygens (including phenoxy) is 4. The fraction of sp³-hybridized carbons (Fsp3) is 0.796. The summed E-state index contributed by atoms with van der Waals surface area (Å²) in [4.78, 5) is 25.4. The van der Waals surface area contributed by atoms with E-state index in [1.54, 1.807) is 0 Å². The highest BCUT2D eigenvalue weighted by atomic mass is 16.7. The van der Waals surface area contributed by atoms with Gasteiger partial charge in [0.2, 0.25) is 0 Å². The minimum Gasteiger partial charge on any atom is -0.462 e. The summed E-state index contributed by atoms with van der Waals surface area (Å²) in [7, 11) is 0. The maximum absolute atomic E-state index is 12.8. The van der Waals surface area contributed by atoms with Gasteiger partial charge in [-0.15, -0.1) is 0 Å². The average Bonchev–Trinajstić information content (AvgIpc) is 3.23. The Balaban J connectivity index is 2.33. The molecule has 1 fully saturated rings. The molecule has 1 heterocycles. The number of allylic oxidation sites excluding steroid dienone is 8. The van der Waals surface area contributed by atoms with Crippen molar-refractivity contribution in [3.8, 4) is 0 Å². The Labute approximate surface area is 358 Å². The third kappa shape index (κ3) is 31.2. The number of esters is 2. The van der Waals surface area contributed by atoms with Crippen LogP contribution in [0.15, 0.2) is 48.6 Å². The van der Waals surface area contributed by atoms with Gasteiger partial charge in [0.1, 0.15) is 31.0 Å². The molecule has 0 saturated carbocycles. The summed E-state index contributed by atoms with van der Waals surface area (Å²) in [6.07, 6.45) is 39.6. The molecule has 1 aliphatic heterocycles. The van der Waals surface area contributed by atoms with Crippen LogP contribution in [0, 0.1) is 0 Å². The van der Waals surface area contributed by atoms with Gasteiger partial charge in [0.25, 0.3) is 0 Å². The van der Waals surface area contributed by atoms with Crippen LogP contribution in [0.3, 0.4) is 0 Å². The van der Waals surface area contributed by atoms with Crippen molar-refractivity contribution in [3.05, 3.63) is 48.6 Å². The van der Waals surface area contributed by atoms with Crippen molar-refractivity contribution in [2.75, 3.05) is 19.8 Å². The first-order chi connectivity index (χ1) is 28.8. The Morgan fingerprint density at radius 1 is 0.525 bits per heavy atom. The predicted octanol–water partition coefficient (Wildman–Crippen LogP) is 10.4. The lowest BCUT2D eigenvalue weighted by Crippen LogP contribution is -2.59. The molecule has 1 rings (SSSR count). The molecule has 0 aromatic rings. The molecule has 4 N–H and O–H groups in total. The number of hydrogen-bond donors (Lipinski definition) is 4. The second kappa shape index (κ2) is 39.8. The van der Waals surface area contributed by atoms with Crippen molar-refractivity contribution in [3.63, 3.8) is 0 Å². The first-order valence-electron chi connectivity index (χ1n) is 23.7. The lowest BCUT2D eigenvalue weighted by atomic mass is 9.99. The Hall–Kier alpha value is -2.34. The second-order valence-corrected chi connectivity index (χ2v) is 16.2. The van der Waals surface area contributed by atoms with Crippen LogP contribution in [0.25, 0.3) is 0 Å². The van der Waals surface area contributed by atoms with E-state index < -0.39 is 55.4 Å². The molecule has 0 radical (unpaired) electrons. The smallest absolute Gasteiger partial charge is 0.306 e. The molecule has 0 aromatic heterocycles. The molecule has 6 atom stereocenters. The minimum atomic E-state index is -1.60. The van der Waals surface area contributed by atoms with E-state index in [9.17, 15) is 30.0 Å². The summed E-state index contributed by atoms with van der Waals surface area (Å²) in [6.45, 7) is 3.36. The van der Waals surface area contributed by atoms with Crippen molar-refractivity contribution in [2.45, 2.75) is 230 Å². The van der Waals surface area contributed by atoms with Crippen LogP contribution >= 0.6 is 0 Å². The van der Waals surface area contributed by atoms with Crippen LogP contribution in [-0.4, -0.2) is 89.0 Å². The largest absolute Gasteiger partial charge is 0.462 e. The Bertz CT molecular complexity index is 1100. The van der Waals surface area contributed by atoms with Gasteiger partial charge in [0, 0.05) is 12.8 Å². The van der Waals surface area contributed by atoms with Gasteiger partial charge in [0.15, 0.2) is 12.4 Å². The molecular formula is C49H86O10. The molecule has 0 aromatic carbocycles. The van der Waals surface area contributed by atoms with Gasteiger partial charge in [-0.2, -0.15) is 0 Å². The zero-order valence-corrected chi connectivity index (χ0v) is 37.2. The second-order valence-electron chi connectivity index (χ2n) is 16.2. The van der Waals surface area contributed by atoms with E-state index in [1.165, 1.54) is 96.3 Å². The summed E-state index contributed by atoms with van der Waals surface area (Å²) >= 11 is 0. The van der Waals surface area contributed by atoms with Gasteiger partial charge in [-0.25, -0.2) is 0 Å². The minimum absolute atomic E-state index is 0.222. The number of hydrogen-bond acceptors (Lipinski definition) is 10. The van der Waals surface area contributed by atoms with E-state index in [1.807, 2.05) is 0 Å². The topological polar surface area (TPSA) is 152 Å². The monoisotopic (exact) mass is 835 g/mol. The third-order valence-corrected chi connectivity index (χ3v) is 10.7. The van der Waals surface area contributed by atoms with Crippen molar-refractivity contribution >= 4 is 11.9 Å². The normalized spacial score (nSPS) is 20.4. The van der Waals surface area contributed by atoms with E-state index >= 15 is 0 Å². The number of unbranched alkanes of at least 4 members (excludes halogenated alkanes) is 20. The van der Waals surface area contributed by atoms with Crippen LogP contribution in [0.2, 0.25) is 0 Å². The van der Waals surface area contributed by atoms with Gasteiger partial charge in [0.05, 0.1) is 13.2 Å². The highest BCUT2D eigenvalue weighted by Crippen LogP contribution is 2.22. The third-order valence-electron chi connectivity index (χ3n) is 10.7. The summed E-state index contributed by atoms with van der Waals surface area (Å²) in [5.41, 5.74) is 0. The highest BCUT2D eigenvalue weighted by molar-refractivity contribution is 5.70. The molecule has 10 nitrogen and oxygen atoms in total. The Morgan fingerprint density at radius 3 is 1.47 bits per heavy atom. The zero-order chi connectivity index (χ0) is 43.0. The predicted molar refractivity (Wildman–Crippen MR) is 238 cm³/mol. The fourth-order valence-electron chi connectivity index (χ4n) is 6.89. The van der Waals surface area contributed by atoms with Gasteiger partial charge in [-0.3, -0.25) is 9.59 Å². The van der Waals surface area contributed by atoms with E-state index in [0.29, 0.717) is 12.8 Å². The highest BCUT2D eigenvalue weighted by Gasteiger charge is 2.44. The zero-order valence-electron chi connectivity index (χ0n) is 37.2. The Kier molecular flexibility index (Phi) is 36.9. The molecule has 1 aliphatic rings. The standard InChI is InChI=1S/C49H86O10/c1-3-5-7-9-11-13-15-17-19-21-23-25-27-29-31-33-35-37-44(51)56-40-42(41-57-49-48(55)47(54)46(53)43(39-50)59-49)58-45(52)38-36-34-32-30-28-26-24-22-20-18-16-14-12-10-8-6-4-2/h11,13-14,16-17,19,23,25,42-43,46-50,53-55H,3-10,12,15,18,20-22,24,26-41H2,1-2H3/b13-11+,16-14+,19-17+,25-23+/t42-,43-,46+,47?,48?,49-/m0/s1. The van der Waals surface area contributed by atoms with E-state index in [0.717, 1.165) is 57.8 Å². The van der Waals surface area contributed by atoms with Gasteiger partial charge in [-0.05, 0) is 77.0 Å². The van der Waals surface area contributed by atoms with Crippen LogP contribution in [-0.2, 0) is 28.5 Å². The fourth-order valence-corrected chi connectivity index (χ4v) is 6.89. The quantitative estimate of drug-likeness (QED) is 0.0267. The van der Waals surface area contributed by atoms with E-state index in [2.05, 4.69) is 62.5 Å². The number of carbonyl (C=O) groups excluding carboxylic acids is 2. The number of carbonyl (C=O) groups is 2. The van der Waals surface area contributed by atoms with Gasteiger partial charge >= 0.3 is 11.9 Å². The maximum atomic E-state index is 12.8. The molecule has 1 saturated heterocycles. The molecule has 10 heteroatoms. The summed E-state index contributed by atoms with van der Waals surface area (Å²) < 4.78 is 22.2. The van der Waals surface area contributed by atoms with Crippen molar-refractivity contribution in [2.24, 2.45) is 0 Å². The van der Waals surface area contributed by atoms with Gasteiger partial charge < -0.3 is 39.4 Å². The van der Waals surface area contributed by atoms with Crippen molar-refractivity contribution < 1.29 is 49.0 Å². The summed E-state index contributed by atoms with van der Waals surface area (Å²) in [5, 5.41) is 40.1. The van der Waals surface area contributed by atoms with Crippen LogP contribution < -0.4 is 0 Å². The van der Waals surface area contributed by atoms with Crippen LogP contribution in [0.1, 0.15) is 194 Å². The number of rotatable bonds is 39. The molecule has 0 aliphatic carbocycles. The molecule has 0 spiro atoms. The van der Waals surface area contributed by atoms with Gasteiger partial charge in [-0.1, -0.05) is 152 Å². The van der Waals surface area contributed by atoms with Crippen LogP contribution in [0.4, 0.5) is 0 Å². The molecule has 2 unspecified atom stereocenters. The molecule has 342 valence electrons. The number of aliphatic hydroxyl groups is 4. The SMILES string of the molecule is CCCCC/C=C/C/C=C/C/C=C/CCCCCCC(=O)OC[C@@H](CO[C@H]1O[C@@H](CO)[C@@H](O)C(O)C1O)OC(=O)CCCCCCCCCCC/C=C/CCCCCC. The first kappa shape index (κ1) is 54.7. The number of aliphatic hydroxyl groups excluding tert-OH is 4.